The second-order valence-electron chi connectivity index (χ2n) is 8.03. The van der Waals surface area contributed by atoms with Gasteiger partial charge >= 0.3 is 11.9 Å². The average molecular weight is 334 g/mol. The van der Waals surface area contributed by atoms with Crippen molar-refractivity contribution >= 4 is 11.9 Å². The molecule has 24 heavy (non-hydrogen) atoms. The minimum absolute atomic E-state index is 0.329. The molecule has 0 aliphatic heterocycles. The number of ether oxygens (including phenoxy) is 2. The molecule has 2 unspecified atom stereocenters. The number of carbonyl (C=O) groups excluding carboxylic acids is 2. The van der Waals surface area contributed by atoms with Crippen molar-refractivity contribution in [3.05, 3.63) is 23.8 Å². The van der Waals surface area contributed by atoms with Crippen LogP contribution in [-0.4, -0.2) is 25.2 Å². The molecular formula is C20H30O4. The zero-order valence-corrected chi connectivity index (χ0v) is 15.3. The Morgan fingerprint density at radius 1 is 1.25 bits per heavy atom. The first-order valence-electron chi connectivity index (χ1n) is 9.00. The topological polar surface area (TPSA) is 52.6 Å². The fourth-order valence-electron chi connectivity index (χ4n) is 3.52. The summed E-state index contributed by atoms with van der Waals surface area (Å²) < 4.78 is 10.3. The van der Waals surface area contributed by atoms with Crippen molar-refractivity contribution < 1.29 is 19.1 Å². The van der Waals surface area contributed by atoms with Crippen LogP contribution in [-0.2, 0) is 19.1 Å². The van der Waals surface area contributed by atoms with Crippen LogP contribution < -0.4 is 0 Å². The Hall–Kier alpha value is -1.58. The van der Waals surface area contributed by atoms with E-state index >= 15 is 0 Å². The minimum Gasteiger partial charge on any atom is -0.463 e. The molecule has 3 aliphatic carbocycles. The molecule has 3 aliphatic rings. The van der Waals surface area contributed by atoms with E-state index in [1.165, 1.54) is 12.0 Å². The third kappa shape index (κ3) is 4.96. The molecule has 3 rings (SSSR count). The van der Waals surface area contributed by atoms with Crippen LogP contribution in [0.25, 0.3) is 0 Å². The van der Waals surface area contributed by atoms with Crippen molar-refractivity contribution in [1.82, 2.24) is 0 Å². The van der Waals surface area contributed by atoms with Crippen molar-refractivity contribution in [1.29, 1.82) is 0 Å². The third-order valence-electron chi connectivity index (χ3n) is 5.42. The van der Waals surface area contributed by atoms with E-state index in [4.69, 9.17) is 9.47 Å². The smallest absolute Gasteiger partial charge is 0.331 e. The van der Waals surface area contributed by atoms with Gasteiger partial charge in [0.25, 0.3) is 0 Å². The number of carbonyl (C=O) groups is 2. The molecule has 1 saturated carbocycles. The highest BCUT2D eigenvalue weighted by atomic mass is 16.5. The van der Waals surface area contributed by atoms with E-state index in [0.717, 1.165) is 31.4 Å². The number of esters is 2. The minimum atomic E-state index is -0.492. The van der Waals surface area contributed by atoms with Gasteiger partial charge in [0, 0.05) is 12.2 Å². The van der Waals surface area contributed by atoms with Crippen molar-refractivity contribution in [2.45, 2.75) is 53.4 Å². The molecule has 0 spiro atoms. The van der Waals surface area contributed by atoms with E-state index in [2.05, 4.69) is 33.8 Å². The molecule has 2 bridgehead atoms. The zero-order chi connectivity index (χ0) is 17.7. The van der Waals surface area contributed by atoms with Crippen LogP contribution >= 0.6 is 0 Å². The van der Waals surface area contributed by atoms with E-state index in [-0.39, 0.29) is 0 Å². The Morgan fingerprint density at radius 2 is 1.92 bits per heavy atom. The zero-order valence-electron chi connectivity index (χ0n) is 15.3. The molecular weight excluding hydrogens is 304 g/mol. The maximum absolute atomic E-state index is 11.7. The van der Waals surface area contributed by atoms with Crippen LogP contribution in [0.5, 0.6) is 0 Å². The molecule has 0 aromatic carbocycles. The monoisotopic (exact) mass is 334 g/mol. The van der Waals surface area contributed by atoms with E-state index in [0.29, 0.717) is 36.4 Å². The van der Waals surface area contributed by atoms with E-state index in [1.54, 1.807) is 0 Å². The molecule has 134 valence electrons. The summed E-state index contributed by atoms with van der Waals surface area (Å²) >= 11 is 0. The molecule has 0 radical (unpaired) electrons. The van der Waals surface area contributed by atoms with Crippen LogP contribution in [0.15, 0.2) is 23.8 Å². The lowest BCUT2D eigenvalue weighted by molar-refractivity contribution is -0.140. The highest BCUT2D eigenvalue weighted by Gasteiger charge is 2.49. The van der Waals surface area contributed by atoms with Gasteiger partial charge in [-0.1, -0.05) is 33.8 Å². The number of rotatable bonds is 8. The molecule has 4 nitrogen and oxygen atoms in total. The van der Waals surface area contributed by atoms with E-state index in [9.17, 15) is 9.59 Å². The molecule has 4 heteroatoms. The van der Waals surface area contributed by atoms with Gasteiger partial charge in [-0.2, -0.15) is 0 Å². The van der Waals surface area contributed by atoms with Gasteiger partial charge < -0.3 is 9.47 Å². The van der Waals surface area contributed by atoms with Crippen LogP contribution in [0.1, 0.15) is 53.4 Å². The van der Waals surface area contributed by atoms with Crippen molar-refractivity contribution in [3.63, 3.8) is 0 Å². The van der Waals surface area contributed by atoms with Gasteiger partial charge in [-0.25, -0.2) is 9.59 Å². The lowest BCUT2D eigenvalue weighted by Crippen LogP contribution is -2.47. The fraction of sp³-hybridized carbons (Fsp3) is 0.700. The number of hydrogen-bond donors (Lipinski definition) is 0. The molecule has 0 aromatic rings. The van der Waals surface area contributed by atoms with Crippen molar-refractivity contribution in [3.8, 4) is 0 Å². The largest absolute Gasteiger partial charge is 0.463 e. The number of hydrogen-bond acceptors (Lipinski definition) is 4. The molecule has 0 N–H and O–H groups in total. The molecule has 0 heterocycles. The predicted molar refractivity (Wildman–Crippen MR) is 93.2 cm³/mol. The summed E-state index contributed by atoms with van der Waals surface area (Å²) in [6.45, 7) is 9.59. The first kappa shape index (κ1) is 18.8. The van der Waals surface area contributed by atoms with Crippen LogP contribution in [0.3, 0.4) is 0 Å². The summed E-state index contributed by atoms with van der Waals surface area (Å²) in [5.74, 6) is 0.933. The van der Waals surface area contributed by atoms with Gasteiger partial charge in [0.1, 0.15) is 6.61 Å². The van der Waals surface area contributed by atoms with Crippen LogP contribution in [0.2, 0.25) is 0 Å². The summed E-state index contributed by atoms with van der Waals surface area (Å²) in [4.78, 5) is 23.2. The number of allylic oxidation sites excluding steroid dienone is 1. The van der Waals surface area contributed by atoms with Gasteiger partial charge in [-0.15, -0.1) is 0 Å². The summed E-state index contributed by atoms with van der Waals surface area (Å²) in [7, 11) is 0. The Balaban J connectivity index is 1.64. The Morgan fingerprint density at radius 3 is 2.46 bits per heavy atom. The highest BCUT2D eigenvalue weighted by molar-refractivity contribution is 5.91. The van der Waals surface area contributed by atoms with E-state index in [1.807, 2.05) is 0 Å². The second kappa shape index (κ2) is 8.00. The quantitative estimate of drug-likeness (QED) is 0.291. The molecule has 0 amide bonds. The summed E-state index contributed by atoms with van der Waals surface area (Å²) in [6.07, 6.45) is 8.69. The SMILES string of the molecule is CC(C)CCCOC(=O)/C=C/C(=O)OCC1=CC2CC(C1)C2(C)C. The maximum Gasteiger partial charge on any atom is 0.331 e. The van der Waals surface area contributed by atoms with Crippen LogP contribution in [0.4, 0.5) is 0 Å². The standard InChI is InChI=1S/C20H30O4/c1-14(2)6-5-9-23-18(21)7-8-19(22)24-13-15-10-16-12-17(11-15)20(16,3)4/h7-8,10,14,16-17H,5-6,9,11-13H2,1-4H3/b8-7+. The normalized spacial score (nSPS) is 24.5. The summed E-state index contributed by atoms with van der Waals surface area (Å²) in [5, 5.41) is 0. The fourth-order valence-corrected chi connectivity index (χ4v) is 3.52. The Bertz CT molecular complexity index is 528. The van der Waals surface area contributed by atoms with Gasteiger partial charge in [-0.05, 0) is 54.4 Å². The first-order chi connectivity index (χ1) is 11.3. The summed E-state index contributed by atoms with van der Waals surface area (Å²) in [5.41, 5.74) is 1.60. The average Bonchev–Trinajstić information content (AvgIpc) is 2.55. The second-order valence-corrected chi connectivity index (χ2v) is 8.03. The van der Waals surface area contributed by atoms with Gasteiger partial charge in [0.2, 0.25) is 0 Å². The highest BCUT2D eigenvalue weighted by Crippen LogP contribution is 2.57. The number of fused-ring (bicyclic) bond motifs is 1. The summed E-state index contributed by atoms with van der Waals surface area (Å²) in [6, 6.07) is 0. The Kier molecular flexibility index (Phi) is 6.25. The van der Waals surface area contributed by atoms with Crippen LogP contribution in [0, 0.1) is 23.2 Å². The lowest BCUT2D eigenvalue weighted by Gasteiger charge is -2.55. The van der Waals surface area contributed by atoms with Crippen molar-refractivity contribution in [2.75, 3.05) is 13.2 Å². The maximum atomic E-state index is 11.7. The van der Waals surface area contributed by atoms with Gasteiger partial charge in [0.15, 0.2) is 0 Å². The van der Waals surface area contributed by atoms with Crippen molar-refractivity contribution in [2.24, 2.45) is 23.2 Å². The lowest BCUT2D eigenvalue weighted by atomic mass is 9.50. The molecule has 0 saturated heterocycles. The molecule has 1 fully saturated rings. The van der Waals surface area contributed by atoms with Gasteiger partial charge in [0.05, 0.1) is 6.61 Å². The molecule has 2 atom stereocenters. The van der Waals surface area contributed by atoms with Gasteiger partial charge in [-0.3, -0.25) is 0 Å². The predicted octanol–water partition coefficient (Wildman–Crippen LogP) is 4.06. The Labute approximate surface area is 145 Å². The third-order valence-corrected chi connectivity index (χ3v) is 5.42. The first-order valence-corrected chi connectivity index (χ1v) is 9.00. The molecule has 0 aromatic heterocycles. The van der Waals surface area contributed by atoms with E-state index < -0.39 is 11.9 Å².